The van der Waals surface area contributed by atoms with E-state index in [9.17, 15) is 0 Å². The smallest absolute Gasteiger partial charge is 0.190 e. The van der Waals surface area contributed by atoms with E-state index < -0.39 is 0 Å². The molecule has 0 saturated heterocycles. The summed E-state index contributed by atoms with van der Waals surface area (Å²) >= 11 is 0. The van der Waals surface area contributed by atoms with Gasteiger partial charge in [-0.15, -0.1) is 0 Å². The molecule has 0 aromatic carbocycles. The molecule has 1 aliphatic rings. The Bertz CT molecular complexity index is 218. The van der Waals surface area contributed by atoms with Crippen LogP contribution in [0.3, 0.4) is 0 Å². The third-order valence-electron chi connectivity index (χ3n) is 1.76. The topological polar surface area (TPSA) is 51.2 Å². The van der Waals surface area contributed by atoms with Crippen LogP contribution >= 0.6 is 0 Å². The largest absolute Gasteiger partial charge is 0.446 e. The third-order valence-corrected chi connectivity index (χ3v) is 1.76. The predicted octanol–water partition coefficient (Wildman–Crippen LogP) is 0.508. The molecule has 3 heteroatoms. The second-order valence-electron chi connectivity index (χ2n) is 2.52. The highest BCUT2D eigenvalue weighted by molar-refractivity contribution is 5.34. The van der Waals surface area contributed by atoms with Crippen molar-refractivity contribution in [2.45, 2.75) is 13.0 Å². The molecule has 0 atom stereocenters. The molecule has 0 unspecified atom stereocenters. The minimum Gasteiger partial charge on any atom is -0.446 e. The van der Waals surface area contributed by atoms with Gasteiger partial charge in [-0.2, -0.15) is 0 Å². The number of anilines is 1. The number of nitrogens with one attached hydrogen (secondary N) is 1. The third kappa shape index (κ3) is 0.789. The van der Waals surface area contributed by atoms with Crippen LogP contribution in [0.1, 0.15) is 11.3 Å². The minimum absolute atomic E-state index is 0.536. The van der Waals surface area contributed by atoms with Gasteiger partial charge in [0.2, 0.25) is 0 Å². The molecule has 3 N–H and O–H groups in total. The van der Waals surface area contributed by atoms with Crippen molar-refractivity contribution in [2.75, 3.05) is 12.3 Å². The van der Waals surface area contributed by atoms with E-state index in [1.54, 1.807) is 0 Å². The molecule has 0 saturated carbocycles. The number of nitrogen functional groups attached to an aromatic ring is 1. The average molecular weight is 138 g/mol. The zero-order chi connectivity index (χ0) is 6.97. The number of fused-ring (bicyclic) bond motifs is 1. The Balaban J connectivity index is 2.41. The Hall–Kier alpha value is -0.960. The molecule has 54 valence electrons. The van der Waals surface area contributed by atoms with Crippen LogP contribution in [0.2, 0.25) is 0 Å². The van der Waals surface area contributed by atoms with E-state index >= 15 is 0 Å². The van der Waals surface area contributed by atoms with Gasteiger partial charge >= 0.3 is 0 Å². The van der Waals surface area contributed by atoms with Gasteiger partial charge in [0.25, 0.3) is 0 Å². The molecule has 0 aliphatic carbocycles. The summed E-state index contributed by atoms with van der Waals surface area (Å²) in [6.07, 6.45) is 0.965. The molecular formula is C7H10N2O. The van der Waals surface area contributed by atoms with Gasteiger partial charge < -0.3 is 15.5 Å². The number of rotatable bonds is 0. The van der Waals surface area contributed by atoms with Gasteiger partial charge in [0.05, 0.1) is 0 Å². The van der Waals surface area contributed by atoms with E-state index in [4.69, 9.17) is 10.2 Å². The first-order valence-electron chi connectivity index (χ1n) is 3.44. The van der Waals surface area contributed by atoms with E-state index in [2.05, 4.69) is 5.32 Å². The lowest BCUT2D eigenvalue weighted by molar-refractivity contribution is 0.487. The van der Waals surface area contributed by atoms with Crippen molar-refractivity contribution >= 4 is 5.88 Å². The number of hydrogen-bond donors (Lipinski definition) is 2. The molecule has 10 heavy (non-hydrogen) atoms. The van der Waals surface area contributed by atoms with Gasteiger partial charge in [-0.1, -0.05) is 0 Å². The molecular weight excluding hydrogens is 128 g/mol. The quantitative estimate of drug-likeness (QED) is 0.549. The molecule has 0 radical (unpaired) electrons. The van der Waals surface area contributed by atoms with Crippen LogP contribution in [0, 0.1) is 0 Å². The number of furan rings is 1. The molecule has 0 bridgehead atoms. The molecule has 0 spiro atoms. The zero-order valence-corrected chi connectivity index (χ0v) is 5.68. The van der Waals surface area contributed by atoms with E-state index in [1.807, 2.05) is 6.07 Å². The van der Waals surface area contributed by atoms with Gasteiger partial charge in [-0.3, -0.25) is 0 Å². The molecule has 1 aromatic heterocycles. The fraction of sp³-hybridized carbons (Fsp3) is 0.429. The van der Waals surface area contributed by atoms with Crippen molar-refractivity contribution in [3.05, 3.63) is 17.4 Å². The summed E-state index contributed by atoms with van der Waals surface area (Å²) in [6, 6.07) is 1.89. The summed E-state index contributed by atoms with van der Waals surface area (Å²) in [5.74, 6) is 1.59. The van der Waals surface area contributed by atoms with Crippen molar-refractivity contribution in [1.29, 1.82) is 0 Å². The van der Waals surface area contributed by atoms with Gasteiger partial charge in [-0.25, -0.2) is 0 Å². The summed E-state index contributed by atoms with van der Waals surface area (Å²) in [6.45, 7) is 1.90. The standard InChI is InChI=1S/C7H10N2O/c8-7-3-5-4-9-2-1-6(5)10-7/h3,9H,1-2,4,8H2. The van der Waals surface area contributed by atoms with Crippen molar-refractivity contribution in [2.24, 2.45) is 0 Å². The maximum Gasteiger partial charge on any atom is 0.190 e. The number of hydrogen-bond acceptors (Lipinski definition) is 3. The lowest BCUT2D eigenvalue weighted by Gasteiger charge is -2.09. The molecule has 2 heterocycles. The average Bonchev–Trinajstić information content (AvgIpc) is 2.27. The van der Waals surface area contributed by atoms with Gasteiger partial charge in [0, 0.05) is 31.1 Å². The summed E-state index contributed by atoms with van der Waals surface area (Å²) in [4.78, 5) is 0. The molecule has 1 aromatic rings. The van der Waals surface area contributed by atoms with E-state index in [1.165, 1.54) is 5.56 Å². The summed E-state index contributed by atoms with van der Waals surface area (Å²) in [7, 11) is 0. The monoisotopic (exact) mass is 138 g/mol. The van der Waals surface area contributed by atoms with Crippen molar-refractivity contribution < 1.29 is 4.42 Å². The minimum atomic E-state index is 0.536. The highest BCUT2D eigenvalue weighted by atomic mass is 16.4. The Labute approximate surface area is 59.2 Å². The van der Waals surface area contributed by atoms with Crippen LogP contribution in [0.15, 0.2) is 10.5 Å². The number of nitrogens with two attached hydrogens (primary N) is 1. The lowest BCUT2D eigenvalue weighted by atomic mass is 10.1. The molecule has 0 fully saturated rings. The van der Waals surface area contributed by atoms with Crippen LogP contribution in [0.4, 0.5) is 5.88 Å². The van der Waals surface area contributed by atoms with E-state index in [0.29, 0.717) is 5.88 Å². The summed E-state index contributed by atoms with van der Waals surface area (Å²) in [5, 5.41) is 3.24. The summed E-state index contributed by atoms with van der Waals surface area (Å²) < 4.78 is 5.24. The highest BCUT2D eigenvalue weighted by Crippen LogP contribution is 2.19. The maximum atomic E-state index is 5.46. The first-order chi connectivity index (χ1) is 4.86. The Morgan fingerprint density at radius 1 is 1.60 bits per heavy atom. The molecule has 3 nitrogen and oxygen atoms in total. The summed E-state index contributed by atoms with van der Waals surface area (Å²) in [5.41, 5.74) is 6.68. The Morgan fingerprint density at radius 2 is 2.50 bits per heavy atom. The van der Waals surface area contributed by atoms with Crippen LogP contribution in [-0.2, 0) is 13.0 Å². The first kappa shape index (κ1) is 5.80. The van der Waals surface area contributed by atoms with Crippen molar-refractivity contribution in [3.8, 4) is 0 Å². The normalized spacial score (nSPS) is 16.8. The van der Waals surface area contributed by atoms with E-state index in [-0.39, 0.29) is 0 Å². The molecule has 2 rings (SSSR count). The van der Waals surface area contributed by atoms with E-state index in [0.717, 1.165) is 25.3 Å². The van der Waals surface area contributed by atoms with Gasteiger partial charge in [0.1, 0.15) is 5.76 Å². The fourth-order valence-electron chi connectivity index (χ4n) is 1.28. The van der Waals surface area contributed by atoms with Crippen LogP contribution < -0.4 is 11.1 Å². The molecule has 0 amide bonds. The van der Waals surface area contributed by atoms with Crippen LogP contribution in [-0.4, -0.2) is 6.54 Å². The maximum absolute atomic E-state index is 5.46. The van der Waals surface area contributed by atoms with Gasteiger partial charge in [-0.05, 0) is 0 Å². The zero-order valence-electron chi connectivity index (χ0n) is 5.68. The van der Waals surface area contributed by atoms with Crippen LogP contribution in [0.25, 0.3) is 0 Å². The predicted molar refractivity (Wildman–Crippen MR) is 38.5 cm³/mol. The van der Waals surface area contributed by atoms with Crippen molar-refractivity contribution in [1.82, 2.24) is 5.32 Å². The first-order valence-corrected chi connectivity index (χ1v) is 3.44. The molecule has 1 aliphatic heterocycles. The van der Waals surface area contributed by atoms with Crippen molar-refractivity contribution in [3.63, 3.8) is 0 Å². The second kappa shape index (κ2) is 2.02. The fourth-order valence-corrected chi connectivity index (χ4v) is 1.28. The Kier molecular flexibility index (Phi) is 1.17. The Morgan fingerprint density at radius 3 is 3.30 bits per heavy atom. The highest BCUT2D eigenvalue weighted by Gasteiger charge is 2.12. The van der Waals surface area contributed by atoms with Gasteiger partial charge in [0.15, 0.2) is 5.88 Å². The lowest BCUT2D eigenvalue weighted by Crippen LogP contribution is -2.22. The van der Waals surface area contributed by atoms with Crippen LogP contribution in [0.5, 0.6) is 0 Å². The SMILES string of the molecule is Nc1cc2c(o1)CCNC2. The second-order valence-corrected chi connectivity index (χ2v) is 2.52.